The largest absolute Gasteiger partial charge is 0.404 e. The SMILES string of the molecule is Nc1nnc(-c2ccccc2I)o1. The van der Waals surface area contributed by atoms with Gasteiger partial charge in [-0.1, -0.05) is 17.2 Å². The molecule has 0 saturated carbocycles. The predicted molar refractivity (Wildman–Crippen MR) is 56.9 cm³/mol. The Morgan fingerprint density at radius 2 is 2.00 bits per heavy atom. The fraction of sp³-hybridized carbons (Fsp3) is 0. The van der Waals surface area contributed by atoms with Gasteiger partial charge in [-0.2, -0.15) is 0 Å². The summed E-state index contributed by atoms with van der Waals surface area (Å²) in [6, 6.07) is 7.84. The van der Waals surface area contributed by atoms with E-state index in [1.165, 1.54) is 0 Å². The number of benzene rings is 1. The van der Waals surface area contributed by atoms with Crippen molar-refractivity contribution >= 4 is 28.6 Å². The summed E-state index contributed by atoms with van der Waals surface area (Å²) in [6.07, 6.45) is 0. The van der Waals surface area contributed by atoms with Crippen LogP contribution in [0.1, 0.15) is 0 Å². The van der Waals surface area contributed by atoms with E-state index in [2.05, 4.69) is 32.8 Å². The van der Waals surface area contributed by atoms with E-state index < -0.39 is 0 Å². The van der Waals surface area contributed by atoms with Crippen LogP contribution in [-0.4, -0.2) is 10.2 Å². The van der Waals surface area contributed by atoms with E-state index in [1.807, 2.05) is 24.3 Å². The summed E-state index contributed by atoms with van der Waals surface area (Å²) < 4.78 is 6.16. The van der Waals surface area contributed by atoms with Gasteiger partial charge in [0, 0.05) is 3.57 Å². The minimum atomic E-state index is 0.0923. The predicted octanol–water partition coefficient (Wildman–Crippen LogP) is 1.92. The molecule has 0 radical (unpaired) electrons. The van der Waals surface area contributed by atoms with Gasteiger partial charge >= 0.3 is 6.01 Å². The lowest BCUT2D eigenvalue weighted by Gasteiger charge is -1.96. The number of hydrogen-bond acceptors (Lipinski definition) is 4. The number of anilines is 1. The monoisotopic (exact) mass is 287 g/mol. The van der Waals surface area contributed by atoms with Crippen molar-refractivity contribution < 1.29 is 4.42 Å². The fourth-order valence-electron chi connectivity index (χ4n) is 0.978. The first-order valence-electron chi connectivity index (χ1n) is 3.61. The molecule has 0 amide bonds. The van der Waals surface area contributed by atoms with Gasteiger partial charge in [-0.3, -0.25) is 0 Å². The Labute approximate surface area is 88.3 Å². The molecule has 0 aliphatic rings. The third-order valence-corrected chi connectivity index (χ3v) is 2.49. The second-order valence-corrected chi connectivity index (χ2v) is 3.59. The van der Waals surface area contributed by atoms with Crippen LogP contribution in [0, 0.1) is 3.57 Å². The molecule has 2 rings (SSSR count). The molecule has 4 nitrogen and oxygen atoms in total. The molecule has 1 heterocycles. The fourth-order valence-corrected chi connectivity index (χ4v) is 1.60. The van der Waals surface area contributed by atoms with Gasteiger partial charge in [0.25, 0.3) is 5.89 Å². The van der Waals surface area contributed by atoms with Gasteiger partial charge in [0.15, 0.2) is 0 Å². The van der Waals surface area contributed by atoms with Crippen LogP contribution in [0.25, 0.3) is 11.5 Å². The molecule has 0 aliphatic heterocycles. The van der Waals surface area contributed by atoms with Crippen molar-refractivity contribution in [1.82, 2.24) is 10.2 Å². The molecule has 0 bridgehead atoms. The Morgan fingerprint density at radius 3 is 2.62 bits per heavy atom. The third-order valence-electron chi connectivity index (χ3n) is 1.54. The number of aromatic nitrogens is 2. The van der Waals surface area contributed by atoms with Gasteiger partial charge in [-0.05, 0) is 34.7 Å². The quantitative estimate of drug-likeness (QED) is 0.814. The Bertz CT molecular complexity index is 427. The number of rotatable bonds is 1. The lowest BCUT2D eigenvalue weighted by molar-refractivity contribution is 0.590. The topological polar surface area (TPSA) is 64.9 Å². The van der Waals surface area contributed by atoms with Crippen LogP contribution in [0.2, 0.25) is 0 Å². The normalized spacial score (nSPS) is 10.2. The maximum absolute atomic E-state index is 5.32. The van der Waals surface area contributed by atoms with Crippen molar-refractivity contribution in [3.63, 3.8) is 0 Å². The minimum Gasteiger partial charge on any atom is -0.404 e. The number of nitrogens with two attached hydrogens (primary N) is 1. The molecule has 2 N–H and O–H groups in total. The maximum atomic E-state index is 5.32. The first-order chi connectivity index (χ1) is 6.27. The molecule has 66 valence electrons. The van der Waals surface area contributed by atoms with Crippen molar-refractivity contribution in [2.24, 2.45) is 0 Å². The first kappa shape index (κ1) is 8.49. The lowest BCUT2D eigenvalue weighted by atomic mass is 10.2. The zero-order valence-electron chi connectivity index (χ0n) is 6.57. The number of halogens is 1. The average Bonchev–Trinajstić information content (AvgIpc) is 2.53. The van der Waals surface area contributed by atoms with Crippen LogP contribution in [0.3, 0.4) is 0 Å². The minimum absolute atomic E-state index is 0.0923. The average molecular weight is 287 g/mol. The molecule has 13 heavy (non-hydrogen) atoms. The highest BCUT2D eigenvalue weighted by Crippen LogP contribution is 2.23. The van der Waals surface area contributed by atoms with Crippen molar-refractivity contribution in [3.05, 3.63) is 27.8 Å². The molecule has 0 saturated heterocycles. The van der Waals surface area contributed by atoms with Crippen molar-refractivity contribution in [1.29, 1.82) is 0 Å². The number of nitrogen functional groups attached to an aromatic ring is 1. The zero-order chi connectivity index (χ0) is 9.26. The molecule has 1 aromatic heterocycles. The van der Waals surface area contributed by atoms with Gasteiger partial charge in [0.1, 0.15) is 0 Å². The van der Waals surface area contributed by atoms with Crippen LogP contribution in [0.15, 0.2) is 28.7 Å². The van der Waals surface area contributed by atoms with Crippen LogP contribution < -0.4 is 5.73 Å². The molecule has 2 aromatic rings. The Kier molecular flexibility index (Phi) is 2.17. The Morgan fingerprint density at radius 1 is 1.23 bits per heavy atom. The van der Waals surface area contributed by atoms with E-state index in [-0.39, 0.29) is 6.01 Å². The second-order valence-electron chi connectivity index (χ2n) is 2.43. The summed E-state index contributed by atoms with van der Waals surface area (Å²) in [4.78, 5) is 0. The van der Waals surface area contributed by atoms with Gasteiger partial charge in [0.2, 0.25) is 0 Å². The lowest BCUT2D eigenvalue weighted by Crippen LogP contribution is -1.81. The molecular formula is C8H6IN3O. The summed E-state index contributed by atoms with van der Waals surface area (Å²) in [6.45, 7) is 0. The van der Waals surface area contributed by atoms with E-state index in [4.69, 9.17) is 10.2 Å². The van der Waals surface area contributed by atoms with E-state index in [0.29, 0.717) is 5.89 Å². The number of hydrogen-bond donors (Lipinski definition) is 1. The maximum Gasteiger partial charge on any atom is 0.313 e. The molecule has 1 aromatic carbocycles. The molecule has 0 aliphatic carbocycles. The summed E-state index contributed by atoms with van der Waals surface area (Å²) in [5, 5.41) is 7.39. The van der Waals surface area contributed by atoms with E-state index in [0.717, 1.165) is 9.13 Å². The van der Waals surface area contributed by atoms with E-state index >= 15 is 0 Å². The molecule has 5 heteroatoms. The highest BCUT2D eigenvalue weighted by Gasteiger charge is 2.08. The molecule has 0 spiro atoms. The van der Waals surface area contributed by atoms with Crippen LogP contribution in [0.4, 0.5) is 6.01 Å². The smallest absolute Gasteiger partial charge is 0.313 e. The van der Waals surface area contributed by atoms with Gasteiger partial charge in [0.05, 0.1) is 5.56 Å². The molecule has 0 unspecified atom stereocenters. The Balaban J connectivity index is 2.52. The summed E-state index contributed by atoms with van der Waals surface area (Å²) in [7, 11) is 0. The van der Waals surface area contributed by atoms with Gasteiger partial charge in [-0.15, -0.1) is 5.10 Å². The molecular weight excluding hydrogens is 281 g/mol. The van der Waals surface area contributed by atoms with E-state index in [9.17, 15) is 0 Å². The van der Waals surface area contributed by atoms with Gasteiger partial charge < -0.3 is 10.2 Å². The number of nitrogens with zero attached hydrogens (tertiary/aromatic N) is 2. The molecule has 0 fully saturated rings. The Hall–Kier alpha value is -1.11. The van der Waals surface area contributed by atoms with E-state index in [1.54, 1.807) is 0 Å². The second kappa shape index (κ2) is 3.33. The first-order valence-corrected chi connectivity index (χ1v) is 4.69. The van der Waals surface area contributed by atoms with Crippen molar-refractivity contribution in [3.8, 4) is 11.5 Å². The van der Waals surface area contributed by atoms with Crippen molar-refractivity contribution in [2.75, 3.05) is 5.73 Å². The van der Waals surface area contributed by atoms with Crippen LogP contribution in [0.5, 0.6) is 0 Å². The summed E-state index contributed by atoms with van der Waals surface area (Å²) in [5.74, 6) is 0.461. The standard InChI is InChI=1S/C8H6IN3O/c9-6-4-2-1-3-5(6)7-11-12-8(10)13-7/h1-4H,(H2,10,12). The highest BCUT2D eigenvalue weighted by atomic mass is 127. The molecule has 0 atom stereocenters. The third kappa shape index (κ3) is 1.64. The van der Waals surface area contributed by atoms with Crippen molar-refractivity contribution in [2.45, 2.75) is 0 Å². The zero-order valence-corrected chi connectivity index (χ0v) is 8.72. The summed E-state index contributed by atoms with van der Waals surface area (Å²) >= 11 is 2.20. The summed E-state index contributed by atoms with van der Waals surface area (Å²) in [5.41, 5.74) is 6.23. The van der Waals surface area contributed by atoms with Crippen LogP contribution >= 0.6 is 22.6 Å². The van der Waals surface area contributed by atoms with Crippen LogP contribution in [-0.2, 0) is 0 Å². The van der Waals surface area contributed by atoms with Gasteiger partial charge in [-0.25, -0.2) is 0 Å². The highest BCUT2D eigenvalue weighted by molar-refractivity contribution is 14.1.